The smallest absolute Gasteiger partial charge is 0.162 e. The summed E-state index contributed by atoms with van der Waals surface area (Å²) < 4.78 is 6.67. The molecule has 3 aliphatic rings. The molecule has 1 aliphatic carbocycles. The van der Waals surface area contributed by atoms with Crippen LogP contribution in [0.15, 0.2) is 63.5 Å². The summed E-state index contributed by atoms with van der Waals surface area (Å²) in [5.74, 6) is 0.792. The van der Waals surface area contributed by atoms with Gasteiger partial charge in [0.2, 0.25) is 0 Å². The van der Waals surface area contributed by atoms with E-state index in [1.54, 1.807) is 7.11 Å². The number of benzene rings is 2. The molecule has 5 rings (SSSR count). The van der Waals surface area contributed by atoms with Crippen molar-refractivity contribution >= 4 is 27.4 Å². The van der Waals surface area contributed by atoms with Gasteiger partial charge in [0.1, 0.15) is 11.6 Å². The second-order valence-corrected chi connectivity index (χ2v) is 12.4. The molecule has 0 spiro atoms. The first kappa shape index (κ1) is 26.5. The summed E-state index contributed by atoms with van der Waals surface area (Å²) in [6, 6.07) is 14.5. The minimum atomic E-state index is -0.506. The Bertz CT molecular complexity index is 1400. The molecule has 0 unspecified atom stereocenters. The van der Waals surface area contributed by atoms with Crippen molar-refractivity contribution in [3.8, 4) is 11.8 Å². The van der Waals surface area contributed by atoms with Crippen molar-refractivity contribution in [3.63, 3.8) is 0 Å². The molecule has 0 bridgehead atoms. The second-order valence-electron chi connectivity index (χ2n) is 11.5. The molecule has 2 aromatic rings. The van der Waals surface area contributed by atoms with E-state index < -0.39 is 5.92 Å². The molecule has 1 fully saturated rings. The quantitative estimate of drug-likeness (QED) is 0.451. The Balaban J connectivity index is 1.70. The summed E-state index contributed by atoms with van der Waals surface area (Å²) >= 11 is 3.55. The maximum Gasteiger partial charge on any atom is 0.162 e. The molecule has 38 heavy (non-hydrogen) atoms. The lowest BCUT2D eigenvalue weighted by Gasteiger charge is -2.44. The highest BCUT2D eigenvalue weighted by Gasteiger charge is 2.45. The highest BCUT2D eigenvalue weighted by atomic mass is 79.9. The third-order valence-corrected chi connectivity index (χ3v) is 8.50. The zero-order chi connectivity index (χ0) is 27.2. The van der Waals surface area contributed by atoms with Gasteiger partial charge in [0.05, 0.1) is 30.4 Å². The molecule has 198 valence electrons. The first-order valence-electron chi connectivity index (χ1n) is 13.2. The number of anilines is 1. The average molecular weight is 576 g/mol. The molecular formula is C31H35BrN4O2. The molecular weight excluding hydrogens is 540 g/mol. The van der Waals surface area contributed by atoms with Gasteiger partial charge in [-0.25, -0.2) is 0 Å². The van der Waals surface area contributed by atoms with Gasteiger partial charge in [0.25, 0.3) is 0 Å². The first-order valence-corrected chi connectivity index (χ1v) is 14.0. The Kier molecular flexibility index (Phi) is 7.15. The lowest BCUT2D eigenvalue weighted by atomic mass is 9.68. The first-order chi connectivity index (χ1) is 18.1. The number of methoxy groups -OCH3 is 1. The summed E-state index contributed by atoms with van der Waals surface area (Å²) in [5.41, 5.74) is 12.5. The van der Waals surface area contributed by atoms with E-state index in [0.717, 1.165) is 57.9 Å². The fraction of sp³-hybridized carbons (Fsp3) is 0.419. The van der Waals surface area contributed by atoms with E-state index in [1.165, 1.54) is 12.8 Å². The van der Waals surface area contributed by atoms with Crippen LogP contribution in [0.25, 0.3) is 0 Å². The summed E-state index contributed by atoms with van der Waals surface area (Å²) in [5, 5.41) is 10.5. The van der Waals surface area contributed by atoms with Crippen molar-refractivity contribution in [1.29, 1.82) is 5.26 Å². The molecule has 2 aromatic carbocycles. The number of Topliss-reactive ketones (excluding diaryl/α,β-unsaturated/α-hetero) is 1. The van der Waals surface area contributed by atoms with Gasteiger partial charge in [0, 0.05) is 34.3 Å². The predicted octanol–water partition coefficient (Wildman–Crippen LogP) is 6.30. The van der Waals surface area contributed by atoms with E-state index in [-0.39, 0.29) is 11.2 Å². The molecule has 7 heteroatoms. The van der Waals surface area contributed by atoms with Crippen LogP contribution < -0.4 is 15.4 Å². The van der Waals surface area contributed by atoms with E-state index >= 15 is 0 Å². The SMILES string of the molecule is COc1ccc([C@H]2C(C#N)=C(N)N(c3ccc(Br)cc3C)C3=C2C(=O)CC(C)(C)C3)cc1CN1CCCC1. The molecule has 6 nitrogen and oxygen atoms in total. The van der Waals surface area contributed by atoms with E-state index in [1.807, 2.05) is 42.2 Å². The number of allylic oxidation sites excluding steroid dienone is 3. The van der Waals surface area contributed by atoms with Gasteiger partial charge in [-0.15, -0.1) is 0 Å². The van der Waals surface area contributed by atoms with E-state index in [9.17, 15) is 10.1 Å². The van der Waals surface area contributed by atoms with Gasteiger partial charge < -0.3 is 10.5 Å². The summed E-state index contributed by atoms with van der Waals surface area (Å²) in [7, 11) is 1.69. The van der Waals surface area contributed by atoms with Gasteiger partial charge in [-0.2, -0.15) is 5.26 Å². The number of ketones is 1. The Hall–Kier alpha value is -3.08. The van der Waals surface area contributed by atoms with Crippen LogP contribution in [-0.4, -0.2) is 30.9 Å². The zero-order valence-corrected chi connectivity index (χ0v) is 24.2. The zero-order valence-electron chi connectivity index (χ0n) is 22.6. The molecule has 0 saturated carbocycles. The van der Waals surface area contributed by atoms with E-state index in [2.05, 4.69) is 46.8 Å². The molecule has 0 radical (unpaired) electrons. The maximum absolute atomic E-state index is 13.9. The number of aryl methyl sites for hydroxylation is 1. The number of halogens is 1. The van der Waals surface area contributed by atoms with Crippen LogP contribution >= 0.6 is 15.9 Å². The fourth-order valence-corrected chi connectivity index (χ4v) is 6.75. The van der Waals surface area contributed by atoms with Crippen molar-refractivity contribution in [2.45, 2.75) is 58.9 Å². The average Bonchev–Trinajstić information content (AvgIpc) is 3.36. The largest absolute Gasteiger partial charge is 0.496 e. The molecule has 0 amide bonds. The predicted molar refractivity (Wildman–Crippen MR) is 153 cm³/mol. The highest BCUT2D eigenvalue weighted by Crippen LogP contribution is 2.51. The number of hydrogen-bond acceptors (Lipinski definition) is 6. The maximum atomic E-state index is 13.9. The number of ether oxygens (including phenoxy) is 1. The van der Waals surface area contributed by atoms with Crippen LogP contribution in [0.2, 0.25) is 0 Å². The van der Waals surface area contributed by atoms with Crippen LogP contribution in [0.5, 0.6) is 5.75 Å². The highest BCUT2D eigenvalue weighted by molar-refractivity contribution is 9.10. The summed E-state index contributed by atoms with van der Waals surface area (Å²) in [4.78, 5) is 18.3. The molecule has 2 heterocycles. The van der Waals surface area contributed by atoms with Gasteiger partial charge in [-0.3, -0.25) is 14.6 Å². The van der Waals surface area contributed by atoms with Crippen LogP contribution in [0, 0.1) is 23.7 Å². The van der Waals surface area contributed by atoms with Crippen molar-refractivity contribution in [2.75, 3.05) is 25.1 Å². The van der Waals surface area contributed by atoms with Crippen LogP contribution in [0.4, 0.5) is 5.69 Å². The van der Waals surface area contributed by atoms with Crippen molar-refractivity contribution < 1.29 is 9.53 Å². The molecule has 2 N–H and O–H groups in total. The number of carbonyl (C=O) groups is 1. The number of nitrogens with zero attached hydrogens (tertiary/aromatic N) is 3. The monoisotopic (exact) mass is 574 g/mol. The number of hydrogen-bond donors (Lipinski definition) is 1. The minimum absolute atomic E-state index is 0.0816. The van der Waals surface area contributed by atoms with Crippen LogP contribution in [-0.2, 0) is 11.3 Å². The van der Waals surface area contributed by atoms with Gasteiger partial charge in [0.15, 0.2) is 5.78 Å². The molecule has 1 saturated heterocycles. The van der Waals surface area contributed by atoms with Gasteiger partial charge in [-0.05, 0) is 86.1 Å². The Morgan fingerprint density at radius 2 is 1.89 bits per heavy atom. The van der Waals surface area contributed by atoms with E-state index in [0.29, 0.717) is 29.8 Å². The third-order valence-electron chi connectivity index (χ3n) is 8.01. The second kappa shape index (κ2) is 10.2. The number of nitrogens with two attached hydrogens (primary N) is 1. The lowest BCUT2D eigenvalue weighted by molar-refractivity contribution is -0.118. The minimum Gasteiger partial charge on any atom is -0.496 e. The Labute approximate surface area is 233 Å². The standard InChI is InChI=1S/C31H35BrN4O2/c1-19-13-22(32)8-9-24(19)36-25-15-31(2,3)16-26(37)29(25)28(23(17-33)30(36)34)20-7-10-27(38-4)21(14-20)18-35-11-5-6-12-35/h7-10,13-14,28H,5-6,11-12,15-16,18,34H2,1-4H3/t28-/m0/s1. The van der Waals surface area contributed by atoms with Gasteiger partial charge in [-0.1, -0.05) is 35.8 Å². The van der Waals surface area contributed by atoms with Gasteiger partial charge >= 0.3 is 0 Å². The van der Waals surface area contributed by atoms with Crippen molar-refractivity contribution in [1.82, 2.24) is 4.90 Å². The van der Waals surface area contributed by atoms with Crippen molar-refractivity contribution in [3.05, 3.63) is 80.2 Å². The number of carbonyl (C=O) groups excluding carboxylic acids is 1. The van der Waals surface area contributed by atoms with Crippen LogP contribution in [0.3, 0.4) is 0 Å². The fourth-order valence-electron chi connectivity index (χ4n) is 6.27. The summed E-state index contributed by atoms with van der Waals surface area (Å²) in [6.07, 6.45) is 3.53. The Morgan fingerprint density at radius 1 is 1.16 bits per heavy atom. The van der Waals surface area contributed by atoms with E-state index in [4.69, 9.17) is 10.5 Å². The Morgan fingerprint density at radius 3 is 2.55 bits per heavy atom. The van der Waals surface area contributed by atoms with Crippen LogP contribution in [0.1, 0.15) is 62.1 Å². The number of nitriles is 1. The van der Waals surface area contributed by atoms with Crippen molar-refractivity contribution in [2.24, 2.45) is 11.1 Å². The molecule has 1 atom stereocenters. The lowest BCUT2D eigenvalue weighted by Crippen LogP contribution is -2.42. The summed E-state index contributed by atoms with van der Waals surface area (Å²) in [6.45, 7) is 9.18. The number of likely N-dealkylation sites (tertiary alicyclic amines) is 1. The third kappa shape index (κ3) is 4.76. The molecule has 0 aromatic heterocycles. The number of rotatable bonds is 5. The topological polar surface area (TPSA) is 82.6 Å². The molecule has 2 aliphatic heterocycles. The normalized spacial score (nSPS) is 21.5.